The van der Waals surface area contributed by atoms with Crippen LogP contribution in [0.2, 0.25) is 0 Å². The number of hydrogen-bond acceptors (Lipinski definition) is 33. The summed E-state index contributed by atoms with van der Waals surface area (Å²) in [5.74, 6) is -6.67. The molecule has 9 N–H and O–H groups in total. The number of amides is 12. The third kappa shape index (κ3) is 8.74. The number of piperazine rings is 6. The van der Waals surface area contributed by atoms with Crippen LogP contribution in [0, 0.1) is 17.5 Å². The molecule has 30 aliphatic rings. The minimum absolute atomic E-state index is 0.167. The molecular weight excluding hydrogens is 2100 g/mol. The predicted molar refractivity (Wildman–Crippen MR) is 543 cm³/mol. The standard InChI is InChI=1S/C33H32FN5O6S4.2C32H30FN5O6S4/c1-5-28-24(42)38-20-13-15-11-12-16(34)14-18(15)30(20,21(40)32(38,48-46-28)26(44)36(28)3)31-17-9-7-8-10-19(17)35-23(31)39-25(43)29(6-2)37(4)27(45)33(39,22(31)41)49-47-29;1-5-28-24(42)37-19-12-14-10-11-15(33)13-17(14)29(19,20(39)31(37,48-46-28)26(44)36(28)4)30-16-8-6-7-9-18(16)34-22(30)38-23(41)27(2)35(3)25(43)32(38,21(30)40)47-45-27;1-5-28-24(42)37-19-12-14-8-6-7-9-16(14)29(19,20(39)31(37,48-46-28)26(44)36(28)4)30-17-13-15(33)10-11-18(17)34-22(30)38-23(41)27(2)35(3)25(43)32(38,21(30)40)47-45-27/h7-12,14,20-23,35,40-41H,5-6,13H2,1-4H3;2*6-11,13,19-22,34,39-40H,5,12H2,1-4H3/t20-,21-,22-,23+,28-,29-,30-,31+,32-,33-;2*19-,20-,21-,22+,27-,28-,29-,30+,31-,32-/m000/s1. The lowest BCUT2D eigenvalue weighted by atomic mass is 9.51. The molecule has 24 fully saturated rings. The number of rotatable bonds is 7. The summed E-state index contributed by atoms with van der Waals surface area (Å²) in [5, 5.41) is 90.6. The van der Waals surface area contributed by atoms with Gasteiger partial charge in [-0.2, -0.15) is 0 Å². The first kappa shape index (κ1) is 94.3. The summed E-state index contributed by atoms with van der Waals surface area (Å²) in [7, 11) is 23.6. The van der Waals surface area contributed by atoms with E-state index in [0.29, 0.717) is 81.7 Å². The fraction of sp³-hybridized carbons (Fsp3) is 0.505. The van der Waals surface area contributed by atoms with E-state index in [4.69, 9.17) is 0 Å². The SMILES string of the molecule is CC[C@@]12SS[C@]3(C(=O)N1C)[C@@H](O)[C@]1([C@@]45c6cc(F)ccc6N[C@@H]4N4C(=O)[C@]6(C)SS[C@]4(C(=O)N6C)[C@H]5O)c4ccccc4C[C@@H]1N3C2=O.CC[C@@]12SS[C@]3(C(=O)N1C)[C@@H](O)[C@]1([C@@]45c6ccccc6N[C@@H]4N4C(=O)[C@]6(C)SS[C@]4(C(=O)N6C)[C@H]5O)c4cc(F)ccc4C[C@@H]1N3C2=O.CC[C@@]12SS[C@]3(C(=O)N1C)[C@@H](O)[C@]1([C@@]45c6ccccc6N[C@@H]4N4C(=O)[C@]6(CC)SS[C@]4(C(=O)N6C)[C@H]5O)c4cc(F)ccc4C[C@@H]1N3C2=O. The molecule has 6 spiro atoms. The number of aliphatic hydroxyl groups is 6. The van der Waals surface area contributed by atoms with E-state index in [1.165, 1.54) is 150 Å². The van der Waals surface area contributed by atoms with Crippen molar-refractivity contribution in [2.75, 3.05) is 58.2 Å². The van der Waals surface area contributed by atoms with Crippen LogP contribution in [0.4, 0.5) is 30.2 Å². The number of aliphatic hydroxyl groups excluding tert-OH is 6. The van der Waals surface area contributed by atoms with E-state index in [2.05, 4.69) is 16.0 Å². The number of fused-ring (bicyclic) bond motifs is 33. The monoisotopic (exact) mass is 2200 g/mol. The zero-order valence-electron chi connectivity index (χ0n) is 79.0. The maximum Gasteiger partial charge on any atom is 0.264 e. The number of halogens is 3. The van der Waals surface area contributed by atoms with Crippen LogP contribution in [-0.2, 0) is 109 Å². The van der Waals surface area contributed by atoms with Gasteiger partial charge in [-0.25, -0.2) is 13.2 Å². The third-order valence-corrected chi connectivity index (χ3v) is 61.3. The number of likely N-dealkylation sites (N-methyl/N-ethyl adjacent to an activating group) is 6. The molecule has 756 valence electrons. The van der Waals surface area contributed by atoms with Crippen molar-refractivity contribution < 1.29 is 101 Å². The van der Waals surface area contributed by atoms with Crippen LogP contribution in [0.5, 0.6) is 0 Å². The molecule has 48 heteroatoms. The third-order valence-electron chi connectivity index (χ3n) is 38.7. The highest BCUT2D eigenvalue weighted by atomic mass is 33.1. The molecule has 24 saturated heterocycles. The fourth-order valence-electron chi connectivity index (χ4n) is 32.2. The molecule has 27 heterocycles. The molecule has 145 heavy (non-hydrogen) atoms. The molecule has 30 atom stereocenters. The van der Waals surface area contributed by atoms with Gasteiger partial charge >= 0.3 is 0 Å². The summed E-state index contributed by atoms with van der Waals surface area (Å²) in [4.78, 5) is 176. The topological polar surface area (TPSA) is 401 Å². The van der Waals surface area contributed by atoms with E-state index >= 15 is 13.2 Å². The van der Waals surface area contributed by atoms with Gasteiger partial charge in [-0.15, -0.1) is 0 Å². The van der Waals surface area contributed by atoms with Gasteiger partial charge in [-0.3, -0.25) is 72.2 Å². The summed E-state index contributed by atoms with van der Waals surface area (Å²) in [5.41, 5.74) is -4.14. The van der Waals surface area contributed by atoms with Gasteiger partial charge in [-0.05, 0) is 228 Å². The predicted octanol–water partition coefficient (Wildman–Crippen LogP) is 6.49. The van der Waals surface area contributed by atoms with Gasteiger partial charge in [-0.1, -0.05) is 165 Å². The molecule has 36 rings (SSSR count). The lowest BCUT2D eigenvalue weighted by molar-refractivity contribution is -0.168. The summed E-state index contributed by atoms with van der Waals surface area (Å²) in [6.07, 6.45) is -11.6. The number of carbonyl (C=O) groups excluding carboxylic acids is 12. The van der Waals surface area contributed by atoms with Gasteiger partial charge in [0.1, 0.15) is 72.6 Å². The molecule has 33 nitrogen and oxygen atoms in total. The molecule has 3 aliphatic carbocycles. The second-order valence-electron chi connectivity index (χ2n) is 42.4. The first-order valence-electron chi connectivity index (χ1n) is 47.9. The molecule has 0 unspecified atom stereocenters. The second-order valence-corrected chi connectivity index (χ2v) is 58.4. The summed E-state index contributed by atoms with van der Waals surface area (Å²) in [6.45, 7) is 10.7. The average molecular weight is 2200 g/mol. The van der Waals surface area contributed by atoms with Gasteiger partial charge in [0, 0.05) is 59.3 Å². The van der Waals surface area contributed by atoms with Crippen molar-refractivity contribution in [1.82, 2.24) is 58.8 Å². The Balaban J connectivity index is 0.000000106. The highest BCUT2D eigenvalue weighted by Gasteiger charge is 2.98. The number of anilines is 3. The minimum atomic E-state index is -1.86. The van der Waals surface area contributed by atoms with Crippen molar-refractivity contribution in [1.29, 1.82) is 0 Å². The van der Waals surface area contributed by atoms with Crippen molar-refractivity contribution in [2.45, 2.75) is 251 Å². The van der Waals surface area contributed by atoms with Crippen molar-refractivity contribution in [3.63, 3.8) is 0 Å². The van der Waals surface area contributed by atoms with E-state index in [1.54, 1.807) is 102 Å². The van der Waals surface area contributed by atoms with Gasteiger partial charge < -0.3 is 90.7 Å². The number of nitrogens with one attached hydrogen (secondary N) is 3. The Morgan fingerprint density at radius 2 is 0.524 bits per heavy atom. The van der Waals surface area contributed by atoms with Crippen molar-refractivity contribution in [3.8, 4) is 0 Å². The van der Waals surface area contributed by atoms with Crippen LogP contribution in [0.3, 0.4) is 0 Å². The average Bonchev–Trinajstić information content (AvgIpc) is 1.44. The molecule has 0 aromatic heterocycles. The van der Waals surface area contributed by atoms with Crippen LogP contribution in [0.25, 0.3) is 0 Å². The van der Waals surface area contributed by atoms with Gasteiger partial charge in [0.25, 0.3) is 70.9 Å². The minimum Gasteiger partial charge on any atom is -0.388 e. The van der Waals surface area contributed by atoms with Crippen molar-refractivity contribution in [2.24, 2.45) is 0 Å². The Bertz CT molecular complexity index is 7250. The van der Waals surface area contributed by atoms with Crippen LogP contribution < -0.4 is 16.0 Å². The molecule has 27 aliphatic heterocycles. The number of para-hydroxylation sites is 2. The van der Waals surface area contributed by atoms with Crippen LogP contribution in [0.15, 0.2) is 127 Å². The number of hydrogen-bond donors (Lipinski definition) is 9. The molecule has 12 amide bonds. The summed E-state index contributed by atoms with van der Waals surface area (Å²) in [6, 6.07) is 31.9. The maximum absolute atomic E-state index is 15.7. The van der Waals surface area contributed by atoms with Crippen LogP contribution >= 0.6 is 130 Å². The van der Waals surface area contributed by atoms with Crippen LogP contribution in [-0.4, -0.2) is 334 Å². The number of benzene rings is 6. The smallest absolute Gasteiger partial charge is 0.264 e. The highest BCUT2D eigenvalue weighted by molar-refractivity contribution is 8.80. The lowest BCUT2D eigenvalue weighted by Gasteiger charge is -2.59. The second kappa shape index (κ2) is 28.3. The van der Waals surface area contributed by atoms with Gasteiger partial charge in [0.2, 0.25) is 29.2 Å². The fourth-order valence-corrected chi connectivity index (χ4v) is 55.1. The Morgan fingerprint density at radius 3 is 0.869 bits per heavy atom. The maximum atomic E-state index is 15.7. The van der Waals surface area contributed by atoms with E-state index < -0.39 is 229 Å². The van der Waals surface area contributed by atoms with E-state index in [-0.39, 0.29) is 48.5 Å². The van der Waals surface area contributed by atoms with E-state index in [9.17, 15) is 88.2 Å². The first-order valence-corrected chi connectivity index (χ1v) is 60.8. The Kier molecular flexibility index (Phi) is 18.4. The Morgan fingerprint density at radius 1 is 0.276 bits per heavy atom. The van der Waals surface area contributed by atoms with Gasteiger partial charge in [0.05, 0.1) is 50.6 Å². The number of carbonyl (C=O) groups is 12. The van der Waals surface area contributed by atoms with E-state index in [1.807, 2.05) is 82.3 Å². The summed E-state index contributed by atoms with van der Waals surface area (Å²) < 4.78 is 46.9. The Labute approximate surface area is 874 Å². The number of nitrogens with zero attached hydrogens (tertiary/aromatic N) is 12. The molecule has 12 bridgehead atoms. The Hall–Kier alpha value is -7.89. The van der Waals surface area contributed by atoms with Crippen LogP contribution in [0.1, 0.15) is 117 Å². The molecule has 6 aromatic carbocycles. The molecule has 0 saturated carbocycles. The lowest BCUT2D eigenvalue weighted by Crippen LogP contribution is -2.78. The van der Waals surface area contributed by atoms with Gasteiger partial charge in [0.15, 0.2) is 29.2 Å². The first-order chi connectivity index (χ1) is 68.9. The summed E-state index contributed by atoms with van der Waals surface area (Å²) >= 11 is 0. The molecular formula is C97H92F3N15O18S12. The largest absolute Gasteiger partial charge is 0.388 e. The zero-order valence-corrected chi connectivity index (χ0v) is 88.8. The molecule has 6 aromatic rings. The van der Waals surface area contributed by atoms with Crippen molar-refractivity contribution >= 4 is 217 Å². The molecule has 0 radical (unpaired) electrons. The quantitative estimate of drug-likeness (QED) is 0.0771. The van der Waals surface area contributed by atoms with E-state index in [0.717, 1.165) is 70.3 Å². The zero-order chi connectivity index (χ0) is 102. The highest BCUT2D eigenvalue weighted by Crippen LogP contribution is 2.85. The normalized spacial score (nSPS) is 45.5. The van der Waals surface area contributed by atoms with Crippen molar-refractivity contribution in [3.05, 3.63) is 195 Å².